The Labute approximate surface area is 122 Å². The number of rotatable bonds is 2. The van der Waals surface area contributed by atoms with Crippen LogP contribution in [0.2, 0.25) is 0 Å². The summed E-state index contributed by atoms with van der Waals surface area (Å²) in [6.07, 6.45) is 4.50. The van der Waals surface area contributed by atoms with E-state index in [2.05, 4.69) is 9.97 Å². The van der Waals surface area contributed by atoms with Crippen molar-refractivity contribution in [2.24, 2.45) is 0 Å². The molecule has 0 spiro atoms. The molecule has 3 aromatic rings. The molecule has 0 atom stereocenters. The third-order valence-electron chi connectivity index (χ3n) is 3.87. The molecule has 4 nitrogen and oxygen atoms in total. The van der Waals surface area contributed by atoms with E-state index in [1.54, 1.807) is 6.07 Å². The number of aromatic nitrogens is 2. The van der Waals surface area contributed by atoms with E-state index in [0.717, 1.165) is 41.3 Å². The maximum atomic E-state index is 10.1. The van der Waals surface area contributed by atoms with Crippen LogP contribution < -0.4 is 4.74 Å². The van der Waals surface area contributed by atoms with Gasteiger partial charge in [0, 0.05) is 5.56 Å². The molecular formula is C17H14N2O2. The maximum Gasteiger partial charge on any atom is 0.225 e. The molecule has 104 valence electrons. The highest BCUT2D eigenvalue weighted by Crippen LogP contribution is 2.36. The number of phenols is 1. The molecule has 0 fully saturated rings. The van der Waals surface area contributed by atoms with Gasteiger partial charge in [-0.3, -0.25) is 0 Å². The summed E-state index contributed by atoms with van der Waals surface area (Å²) in [7, 11) is 0. The van der Waals surface area contributed by atoms with Crippen LogP contribution >= 0.6 is 0 Å². The van der Waals surface area contributed by atoms with Gasteiger partial charge in [-0.2, -0.15) is 0 Å². The van der Waals surface area contributed by atoms with Gasteiger partial charge in [0.2, 0.25) is 5.88 Å². The lowest BCUT2D eigenvalue weighted by atomic mass is 10.1. The Morgan fingerprint density at radius 3 is 2.67 bits per heavy atom. The fourth-order valence-electron chi connectivity index (χ4n) is 2.81. The van der Waals surface area contributed by atoms with Crippen LogP contribution in [0.4, 0.5) is 0 Å². The van der Waals surface area contributed by atoms with Crippen molar-refractivity contribution >= 4 is 10.8 Å². The Hall–Kier alpha value is -2.62. The molecule has 1 aliphatic rings. The van der Waals surface area contributed by atoms with Crippen molar-refractivity contribution in [3.8, 4) is 17.4 Å². The first kappa shape index (κ1) is 12.1. The lowest BCUT2D eigenvalue weighted by Crippen LogP contribution is -1.97. The Bertz CT molecular complexity index is 830. The lowest BCUT2D eigenvalue weighted by Gasteiger charge is -2.11. The van der Waals surface area contributed by atoms with E-state index in [1.807, 2.05) is 30.3 Å². The van der Waals surface area contributed by atoms with Crippen molar-refractivity contribution < 1.29 is 9.84 Å². The highest BCUT2D eigenvalue weighted by atomic mass is 16.5. The lowest BCUT2D eigenvalue weighted by molar-refractivity contribution is 0.400. The molecule has 21 heavy (non-hydrogen) atoms. The zero-order valence-corrected chi connectivity index (χ0v) is 11.4. The topological polar surface area (TPSA) is 55.2 Å². The van der Waals surface area contributed by atoms with Crippen molar-refractivity contribution in [1.82, 2.24) is 9.97 Å². The molecule has 1 aromatic heterocycles. The van der Waals surface area contributed by atoms with Crippen LogP contribution in [-0.2, 0) is 12.8 Å². The van der Waals surface area contributed by atoms with Crippen LogP contribution in [0.1, 0.15) is 17.7 Å². The summed E-state index contributed by atoms with van der Waals surface area (Å²) >= 11 is 0. The predicted octanol–water partition coefficient (Wildman–Crippen LogP) is 3.62. The summed E-state index contributed by atoms with van der Waals surface area (Å²) in [6.45, 7) is 0. The van der Waals surface area contributed by atoms with Crippen LogP contribution in [0.5, 0.6) is 17.4 Å². The standard InChI is InChI=1S/C17H14N2O2/c20-15-8-11-4-1-2-5-12(11)9-16(15)21-17-13-6-3-7-14(13)18-10-19-17/h1-2,4-5,8-10,20H,3,6-7H2. The van der Waals surface area contributed by atoms with Gasteiger partial charge in [0.25, 0.3) is 0 Å². The normalized spacial score (nSPS) is 13.3. The molecule has 4 rings (SSSR count). The molecule has 1 heterocycles. The average Bonchev–Trinajstić information content (AvgIpc) is 2.97. The number of phenolic OH excluding ortho intramolecular Hbond substituents is 1. The molecular weight excluding hydrogens is 264 g/mol. The Morgan fingerprint density at radius 1 is 1.00 bits per heavy atom. The zero-order chi connectivity index (χ0) is 14.2. The molecule has 1 aliphatic carbocycles. The van der Waals surface area contributed by atoms with E-state index in [1.165, 1.54) is 6.33 Å². The van der Waals surface area contributed by atoms with Crippen molar-refractivity contribution in [2.75, 3.05) is 0 Å². The van der Waals surface area contributed by atoms with Gasteiger partial charge in [-0.1, -0.05) is 24.3 Å². The summed E-state index contributed by atoms with van der Waals surface area (Å²) in [5, 5.41) is 12.2. The van der Waals surface area contributed by atoms with Crippen molar-refractivity contribution in [2.45, 2.75) is 19.3 Å². The summed E-state index contributed by atoms with van der Waals surface area (Å²) in [5.74, 6) is 1.11. The van der Waals surface area contributed by atoms with Gasteiger partial charge in [-0.05, 0) is 42.2 Å². The molecule has 1 N–H and O–H groups in total. The van der Waals surface area contributed by atoms with Gasteiger partial charge in [0.05, 0.1) is 5.69 Å². The number of fused-ring (bicyclic) bond motifs is 2. The Kier molecular flexibility index (Phi) is 2.74. The first-order chi connectivity index (χ1) is 10.3. The second kappa shape index (κ2) is 4.74. The first-order valence-electron chi connectivity index (χ1n) is 7.03. The SMILES string of the molecule is Oc1cc2ccccc2cc1Oc1ncnc2c1CCC2. The third kappa shape index (κ3) is 2.09. The minimum atomic E-state index is 0.124. The average molecular weight is 278 g/mol. The maximum absolute atomic E-state index is 10.1. The van der Waals surface area contributed by atoms with E-state index in [4.69, 9.17) is 4.74 Å². The number of benzene rings is 2. The summed E-state index contributed by atoms with van der Waals surface area (Å²) in [4.78, 5) is 8.50. The molecule has 0 saturated heterocycles. The second-order valence-corrected chi connectivity index (χ2v) is 5.23. The van der Waals surface area contributed by atoms with Gasteiger partial charge in [-0.15, -0.1) is 0 Å². The van der Waals surface area contributed by atoms with Gasteiger partial charge in [-0.25, -0.2) is 9.97 Å². The van der Waals surface area contributed by atoms with Crippen molar-refractivity contribution in [3.05, 3.63) is 54.0 Å². The van der Waals surface area contributed by atoms with E-state index in [0.29, 0.717) is 11.6 Å². The van der Waals surface area contributed by atoms with Gasteiger partial charge in [0.1, 0.15) is 6.33 Å². The fraction of sp³-hybridized carbons (Fsp3) is 0.176. The second-order valence-electron chi connectivity index (χ2n) is 5.23. The van der Waals surface area contributed by atoms with Gasteiger partial charge >= 0.3 is 0 Å². The smallest absolute Gasteiger partial charge is 0.225 e. The third-order valence-corrected chi connectivity index (χ3v) is 3.87. The predicted molar refractivity (Wildman–Crippen MR) is 79.7 cm³/mol. The van der Waals surface area contributed by atoms with Crippen LogP contribution in [0.25, 0.3) is 10.8 Å². The molecule has 2 aromatic carbocycles. The molecule has 0 aliphatic heterocycles. The fourth-order valence-corrected chi connectivity index (χ4v) is 2.81. The number of hydrogen-bond acceptors (Lipinski definition) is 4. The Morgan fingerprint density at radius 2 is 1.81 bits per heavy atom. The monoisotopic (exact) mass is 278 g/mol. The highest BCUT2D eigenvalue weighted by molar-refractivity contribution is 5.86. The van der Waals surface area contributed by atoms with Gasteiger partial charge in [0.15, 0.2) is 11.5 Å². The minimum Gasteiger partial charge on any atom is -0.504 e. The summed E-state index contributed by atoms with van der Waals surface area (Å²) in [5.41, 5.74) is 2.12. The van der Waals surface area contributed by atoms with E-state index in [9.17, 15) is 5.11 Å². The zero-order valence-electron chi connectivity index (χ0n) is 11.4. The molecule has 0 saturated carbocycles. The van der Waals surface area contributed by atoms with Crippen LogP contribution in [0.15, 0.2) is 42.7 Å². The number of aromatic hydroxyl groups is 1. The van der Waals surface area contributed by atoms with E-state index in [-0.39, 0.29) is 5.75 Å². The van der Waals surface area contributed by atoms with Crippen LogP contribution in [0.3, 0.4) is 0 Å². The Balaban J connectivity index is 1.78. The molecule has 0 radical (unpaired) electrons. The number of ether oxygens (including phenoxy) is 1. The van der Waals surface area contributed by atoms with Crippen molar-refractivity contribution in [1.29, 1.82) is 0 Å². The van der Waals surface area contributed by atoms with Crippen molar-refractivity contribution in [3.63, 3.8) is 0 Å². The van der Waals surface area contributed by atoms with E-state index >= 15 is 0 Å². The molecule has 0 unspecified atom stereocenters. The largest absolute Gasteiger partial charge is 0.504 e. The quantitative estimate of drug-likeness (QED) is 0.778. The number of hydrogen-bond donors (Lipinski definition) is 1. The van der Waals surface area contributed by atoms with Crippen LogP contribution in [0, 0.1) is 0 Å². The highest BCUT2D eigenvalue weighted by Gasteiger charge is 2.19. The summed E-state index contributed by atoms with van der Waals surface area (Å²) < 4.78 is 5.86. The molecule has 4 heteroatoms. The van der Waals surface area contributed by atoms with E-state index < -0.39 is 0 Å². The summed E-state index contributed by atoms with van der Waals surface area (Å²) in [6, 6.07) is 11.4. The minimum absolute atomic E-state index is 0.124. The van der Waals surface area contributed by atoms with Gasteiger partial charge < -0.3 is 9.84 Å². The number of nitrogens with zero attached hydrogens (tertiary/aromatic N) is 2. The molecule has 0 bridgehead atoms. The molecule has 0 amide bonds. The van der Waals surface area contributed by atoms with Crippen LogP contribution in [-0.4, -0.2) is 15.1 Å². The number of aryl methyl sites for hydroxylation is 1. The first-order valence-corrected chi connectivity index (χ1v) is 7.03.